The Morgan fingerprint density at radius 2 is 2.16 bits per heavy atom. The summed E-state index contributed by atoms with van der Waals surface area (Å²) in [5, 5.41) is 9.11. The zero-order valence-corrected chi connectivity index (χ0v) is 10.9. The van der Waals surface area contributed by atoms with Crippen LogP contribution in [-0.4, -0.2) is 15.2 Å². The van der Waals surface area contributed by atoms with Gasteiger partial charge in [-0.05, 0) is 24.3 Å². The van der Waals surface area contributed by atoms with E-state index in [9.17, 15) is 0 Å². The van der Waals surface area contributed by atoms with Crippen molar-refractivity contribution in [3.63, 3.8) is 0 Å². The number of pyridine rings is 1. The highest BCUT2D eigenvalue weighted by Crippen LogP contribution is 2.29. The Balaban J connectivity index is 1.91. The SMILES string of the molecule is Cc1nnc(COc2ccc(Cl)c3cccnc23)o1. The smallest absolute Gasteiger partial charge is 0.253 e. The van der Waals surface area contributed by atoms with Crippen LogP contribution in [0.4, 0.5) is 0 Å². The molecule has 0 fully saturated rings. The largest absolute Gasteiger partial charge is 0.482 e. The van der Waals surface area contributed by atoms with Crippen LogP contribution in [0.25, 0.3) is 10.9 Å². The van der Waals surface area contributed by atoms with Crippen molar-refractivity contribution in [3.8, 4) is 5.75 Å². The molecule has 0 aliphatic rings. The van der Waals surface area contributed by atoms with Gasteiger partial charge >= 0.3 is 0 Å². The molecule has 0 saturated heterocycles. The molecule has 6 heteroatoms. The third kappa shape index (κ3) is 2.37. The Bertz CT molecular complexity index is 727. The monoisotopic (exact) mass is 275 g/mol. The van der Waals surface area contributed by atoms with Gasteiger partial charge in [-0.15, -0.1) is 10.2 Å². The van der Waals surface area contributed by atoms with E-state index in [4.69, 9.17) is 20.8 Å². The molecular formula is C13H10ClN3O2. The van der Waals surface area contributed by atoms with Crippen LogP contribution in [0.15, 0.2) is 34.9 Å². The summed E-state index contributed by atoms with van der Waals surface area (Å²) in [6.45, 7) is 1.93. The number of aryl methyl sites for hydroxylation is 1. The van der Waals surface area contributed by atoms with Crippen molar-refractivity contribution >= 4 is 22.5 Å². The maximum atomic E-state index is 6.11. The highest BCUT2D eigenvalue weighted by molar-refractivity contribution is 6.35. The van der Waals surface area contributed by atoms with Crippen LogP contribution in [-0.2, 0) is 6.61 Å². The second-order valence-corrected chi connectivity index (χ2v) is 4.36. The molecule has 0 N–H and O–H groups in total. The van der Waals surface area contributed by atoms with E-state index in [1.54, 1.807) is 25.3 Å². The van der Waals surface area contributed by atoms with Gasteiger partial charge in [0.25, 0.3) is 5.89 Å². The molecule has 0 saturated carbocycles. The van der Waals surface area contributed by atoms with Crippen molar-refractivity contribution in [2.75, 3.05) is 0 Å². The average Bonchev–Trinajstić information content (AvgIpc) is 2.84. The predicted octanol–water partition coefficient (Wildman–Crippen LogP) is 3.16. The van der Waals surface area contributed by atoms with E-state index < -0.39 is 0 Å². The van der Waals surface area contributed by atoms with Crippen LogP contribution in [0.2, 0.25) is 5.02 Å². The first-order chi connectivity index (χ1) is 9.24. The van der Waals surface area contributed by atoms with E-state index in [1.807, 2.05) is 12.1 Å². The topological polar surface area (TPSA) is 61.0 Å². The Kier molecular flexibility index (Phi) is 3.05. The van der Waals surface area contributed by atoms with Crippen molar-refractivity contribution in [1.29, 1.82) is 0 Å². The highest BCUT2D eigenvalue weighted by Gasteiger charge is 2.09. The van der Waals surface area contributed by atoms with E-state index in [-0.39, 0.29) is 6.61 Å². The molecule has 1 aromatic carbocycles. The van der Waals surface area contributed by atoms with Crippen molar-refractivity contribution in [1.82, 2.24) is 15.2 Å². The predicted molar refractivity (Wildman–Crippen MR) is 70.1 cm³/mol. The van der Waals surface area contributed by atoms with Gasteiger partial charge in [-0.25, -0.2) is 0 Å². The van der Waals surface area contributed by atoms with E-state index >= 15 is 0 Å². The number of rotatable bonds is 3. The molecule has 19 heavy (non-hydrogen) atoms. The number of halogens is 1. The van der Waals surface area contributed by atoms with Crippen LogP contribution in [0.5, 0.6) is 5.75 Å². The molecule has 96 valence electrons. The molecule has 2 heterocycles. The normalized spacial score (nSPS) is 10.8. The molecule has 0 spiro atoms. The lowest BCUT2D eigenvalue weighted by Crippen LogP contribution is -1.97. The third-order valence-corrected chi connectivity index (χ3v) is 2.93. The first-order valence-corrected chi connectivity index (χ1v) is 6.07. The summed E-state index contributed by atoms with van der Waals surface area (Å²) in [6, 6.07) is 7.29. The number of ether oxygens (including phenoxy) is 1. The summed E-state index contributed by atoms with van der Waals surface area (Å²) in [7, 11) is 0. The quantitative estimate of drug-likeness (QED) is 0.735. The second kappa shape index (κ2) is 4.85. The summed E-state index contributed by atoms with van der Waals surface area (Å²) in [5.74, 6) is 1.57. The zero-order chi connectivity index (χ0) is 13.2. The molecule has 0 aliphatic carbocycles. The van der Waals surface area contributed by atoms with E-state index in [2.05, 4.69) is 15.2 Å². The Hall–Kier alpha value is -2.14. The van der Waals surface area contributed by atoms with Gasteiger partial charge in [0.2, 0.25) is 5.89 Å². The van der Waals surface area contributed by atoms with Crippen LogP contribution in [0, 0.1) is 6.92 Å². The Morgan fingerprint density at radius 3 is 2.95 bits per heavy atom. The van der Waals surface area contributed by atoms with Gasteiger partial charge in [-0.3, -0.25) is 4.98 Å². The molecule has 0 aliphatic heterocycles. The molecule has 0 unspecified atom stereocenters. The van der Waals surface area contributed by atoms with E-state index in [1.165, 1.54) is 0 Å². The van der Waals surface area contributed by atoms with Crippen molar-refractivity contribution in [2.24, 2.45) is 0 Å². The maximum absolute atomic E-state index is 6.11. The molecule has 2 aromatic heterocycles. The van der Waals surface area contributed by atoms with Gasteiger partial charge in [0.1, 0.15) is 11.3 Å². The lowest BCUT2D eigenvalue weighted by Gasteiger charge is -2.07. The highest BCUT2D eigenvalue weighted by atomic mass is 35.5. The van der Waals surface area contributed by atoms with Gasteiger partial charge in [0, 0.05) is 18.5 Å². The summed E-state index contributed by atoms with van der Waals surface area (Å²) in [4.78, 5) is 4.28. The van der Waals surface area contributed by atoms with Gasteiger partial charge in [0.15, 0.2) is 6.61 Å². The first kappa shape index (κ1) is 11.9. The average molecular weight is 276 g/mol. The van der Waals surface area contributed by atoms with E-state index in [0.717, 1.165) is 5.39 Å². The first-order valence-electron chi connectivity index (χ1n) is 5.69. The van der Waals surface area contributed by atoms with E-state index in [0.29, 0.717) is 28.1 Å². The number of hydrogen-bond acceptors (Lipinski definition) is 5. The molecule has 3 aromatic rings. The number of hydrogen-bond donors (Lipinski definition) is 0. The fourth-order valence-electron chi connectivity index (χ4n) is 1.76. The summed E-state index contributed by atoms with van der Waals surface area (Å²) in [5.41, 5.74) is 0.714. The molecule has 0 amide bonds. The summed E-state index contributed by atoms with van der Waals surface area (Å²) >= 11 is 6.11. The van der Waals surface area contributed by atoms with Gasteiger partial charge < -0.3 is 9.15 Å². The number of fused-ring (bicyclic) bond motifs is 1. The Labute approximate surface area is 114 Å². The van der Waals surface area contributed by atoms with Crippen LogP contribution in [0.1, 0.15) is 11.8 Å². The van der Waals surface area contributed by atoms with Gasteiger partial charge in [0.05, 0.1) is 5.02 Å². The van der Waals surface area contributed by atoms with Crippen molar-refractivity contribution in [2.45, 2.75) is 13.5 Å². The lowest BCUT2D eigenvalue weighted by molar-refractivity contribution is 0.263. The van der Waals surface area contributed by atoms with Crippen LogP contribution < -0.4 is 4.74 Å². The number of aromatic nitrogens is 3. The molecule has 0 atom stereocenters. The number of nitrogens with zero attached hydrogens (tertiary/aromatic N) is 3. The van der Waals surface area contributed by atoms with Crippen molar-refractivity contribution in [3.05, 3.63) is 47.3 Å². The molecule has 0 radical (unpaired) electrons. The minimum atomic E-state index is 0.203. The molecule has 3 rings (SSSR count). The Morgan fingerprint density at radius 1 is 1.26 bits per heavy atom. The van der Waals surface area contributed by atoms with Crippen LogP contribution in [0.3, 0.4) is 0 Å². The third-order valence-electron chi connectivity index (χ3n) is 2.60. The zero-order valence-electron chi connectivity index (χ0n) is 10.1. The number of benzene rings is 1. The minimum Gasteiger partial charge on any atom is -0.482 e. The van der Waals surface area contributed by atoms with Gasteiger partial charge in [-0.2, -0.15) is 0 Å². The fraction of sp³-hybridized carbons (Fsp3) is 0.154. The van der Waals surface area contributed by atoms with Gasteiger partial charge in [-0.1, -0.05) is 11.6 Å². The standard InChI is InChI=1S/C13H10ClN3O2/c1-8-16-17-12(19-8)7-18-11-5-4-10(14)9-3-2-6-15-13(9)11/h2-6H,7H2,1H3. The molecular weight excluding hydrogens is 266 g/mol. The minimum absolute atomic E-state index is 0.203. The second-order valence-electron chi connectivity index (χ2n) is 3.95. The lowest BCUT2D eigenvalue weighted by atomic mass is 10.2. The molecule has 0 bridgehead atoms. The van der Waals surface area contributed by atoms with Crippen LogP contribution >= 0.6 is 11.6 Å². The van der Waals surface area contributed by atoms with Crippen molar-refractivity contribution < 1.29 is 9.15 Å². The maximum Gasteiger partial charge on any atom is 0.253 e. The summed E-state index contributed by atoms with van der Waals surface area (Å²) < 4.78 is 10.9. The summed E-state index contributed by atoms with van der Waals surface area (Å²) in [6.07, 6.45) is 1.70. The molecule has 5 nitrogen and oxygen atoms in total. The fourth-order valence-corrected chi connectivity index (χ4v) is 1.98.